The Morgan fingerprint density at radius 3 is 2.87 bits per heavy atom. The fourth-order valence-corrected chi connectivity index (χ4v) is 5.43. The van der Waals surface area contributed by atoms with E-state index in [4.69, 9.17) is 4.74 Å². The van der Waals surface area contributed by atoms with Crippen molar-refractivity contribution >= 4 is 27.6 Å². The van der Waals surface area contributed by atoms with Crippen molar-refractivity contribution in [3.63, 3.8) is 0 Å². The highest BCUT2D eigenvalue weighted by Gasteiger charge is 2.30. The molecule has 10 heteroatoms. The molecule has 1 aliphatic heterocycles. The Balaban J connectivity index is 1.36. The third kappa shape index (κ3) is 4.92. The number of hydrogen-bond donors (Lipinski definition) is 3. The molecule has 2 aromatic rings. The predicted octanol–water partition coefficient (Wildman–Crippen LogP) is 2.79. The standard InChI is InChI=1S/C20H27N5O4S/c1-12(2)22-20(26)29-16-4-3-14(7-16)17-9-19(25-24-17)23-18-8-13-5-6-30(27,28)11-15(13)10-21-18/h8-10,12,14,16H,3-7,11H2,1-2H3,(H,22,26)(H2,21,23,24,25)/t14-,16+/m0/s1. The lowest BCUT2D eigenvalue weighted by molar-refractivity contribution is 0.0981. The van der Waals surface area contributed by atoms with Gasteiger partial charge >= 0.3 is 6.09 Å². The number of H-pyrrole nitrogens is 1. The molecule has 2 aliphatic rings. The van der Waals surface area contributed by atoms with Crippen molar-refractivity contribution in [2.24, 2.45) is 0 Å². The first kappa shape index (κ1) is 20.6. The smallest absolute Gasteiger partial charge is 0.407 e. The van der Waals surface area contributed by atoms with Crippen molar-refractivity contribution in [3.05, 3.63) is 35.2 Å². The van der Waals surface area contributed by atoms with Gasteiger partial charge in [-0.1, -0.05) is 0 Å². The van der Waals surface area contributed by atoms with Crippen LogP contribution in [0.4, 0.5) is 16.4 Å². The van der Waals surface area contributed by atoms with Gasteiger partial charge in [-0.3, -0.25) is 5.10 Å². The number of sulfone groups is 1. The van der Waals surface area contributed by atoms with Crippen molar-refractivity contribution in [3.8, 4) is 0 Å². The molecule has 3 heterocycles. The van der Waals surface area contributed by atoms with Crippen LogP contribution >= 0.6 is 0 Å². The molecule has 162 valence electrons. The number of carbonyl (C=O) groups is 1. The van der Waals surface area contributed by atoms with Crippen LogP contribution in [-0.2, 0) is 26.7 Å². The summed E-state index contributed by atoms with van der Waals surface area (Å²) in [7, 11) is -3.01. The minimum Gasteiger partial charge on any atom is -0.446 e. The molecular weight excluding hydrogens is 406 g/mol. The summed E-state index contributed by atoms with van der Waals surface area (Å²) in [6.45, 7) is 3.80. The summed E-state index contributed by atoms with van der Waals surface area (Å²) >= 11 is 0. The third-order valence-electron chi connectivity index (χ3n) is 5.50. The number of anilines is 2. The summed E-state index contributed by atoms with van der Waals surface area (Å²) in [5.41, 5.74) is 2.78. The maximum Gasteiger partial charge on any atom is 0.407 e. The monoisotopic (exact) mass is 433 g/mol. The zero-order valence-corrected chi connectivity index (χ0v) is 18.0. The maximum atomic E-state index is 11.8. The van der Waals surface area contributed by atoms with Gasteiger partial charge in [-0.2, -0.15) is 5.10 Å². The van der Waals surface area contributed by atoms with Gasteiger partial charge in [-0.25, -0.2) is 18.2 Å². The highest BCUT2D eigenvalue weighted by molar-refractivity contribution is 7.90. The van der Waals surface area contributed by atoms with E-state index in [-0.39, 0.29) is 35.7 Å². The number of aryl methyl sites for hydroxylation is 1. The van der Waals surface area contributed by atoms with Gasteiger partial charge in [0.25, 0.3) is 0 Å². The second-order valence-electron chi connectivity index (χ2n) is 8.35. The largest absolute Gasteiger partial charge is 0.446 e. The molecule has 0 unspecified atom stereocenters. The van der Waals surface area contributed by atoms with Crippen LogP contribution in [0.5, 0.6) is 0 Å². The number of pyridine rings is 1. The molecule has 0 bridgehead atoms. The van der Waals surface area contributed by atoms with Crippen LogP contribution in [0.1, 0.15) is 55.8 Å². The number of aromatic nitrogens is 3. The van der Waals surface area contributed by atoms with E-state index in [0.29, 0.717) is 18.1 Å². The van der Waals surface area contributed by atoms with Crippen LogP contribution in [0, 0.1) is 0 Å². The minimum absolute atomic E-state index is 0.0533. The Labute approximate surface area is 175 Å². The molecule has 0 radical (unpaired) electrons. The van der Waals surface area contributed by atoms with Gasteiger partial charge < -0.3 is 15.4 Å². The number of alkyl carbamates (subject to hydrolysis) is 1. The zero-order chi connectivity index (χ0) is 21.3. The summed E-state index contributed by atoms with van der Waals surface area (Å²) in [5.74, 6) is 1.79. The molecular formula is C20H27N5O4S. The van der Waals surface area contributed by atoms with E-state index in [1.54, 1.807) is 6.20 Å². The number of nitrogens with zero attached hydrogens (tertiary/aromatic N) is 2. The number of carbonyl (C=O) groups excluding carboxylic acids is 1. The molecule has 1 aliphatic carbocycles. The van der Waals surface area contributed by atoms with E-state index in [2.05, 4.69) is 25.8 Å². The van der Waals surface area contributed by atoms with Crippen molar-refractivity contribution in [2.75, 3.05) is 11.1 Å². The first-order valence-corrected chi connectivity index (χ1v) is 12.1. The summed E-state index contributed by atoms with van der Waals surface area (Å²) in [6, 6.07) is 3.90. The predicted molar refractivity (Wildman–Crippen MR) is 112 cm³/mol. The van der Waals surface area contributed by atoms with E-state index in [1.165, 1.54) is 0 Å². The van der Waals surface area contributed by atoms with Crippen molar-refractivity contribution in [1.29, 1.82) is 0 Å². The first-order chi connectivity index (χ1) is 14.3. The maximum absolute atomic E-state index is 11.8. The average molecular weight is 434 g/mol. The second-order valence-corrected chi connectivity index (χ2v) is 10.5. The Kier molecular flexibility index (Phi) is 5.68. The van der Waals surface area contributed by atoms with Crippen LogP contribution in [0.3, 0.4) is 0 Å². The van der Waals surface area contributed by atoms with Crippen LogP contribution in [0.15, 0.2) is 18.3 Å². The third-order valence-corrected chi connectivity index (χ3v) is 7.08. The van der Waals surface area contributed by atoms with Gasteiger partial charge in [0.15, 0.2) is 15.7 Å². The van der Waals surface area contributed by atoms with E-state index in [1.807, 2.05) is 26.0 Å². The lowest BCUT2D eigenvalue weighted by Crippen LogP contribution is -2.33. The molecule has 2 atom stereocenters. The highest BCUT2D eigenvalue weighted by atomic mass is 32.2. The number of fused-ring (bicyclic) bond motifs is 1. The van der Waals surface area contributed by atoms with E-state index in [9.17, 15) is 13.2 Å². The van der Waals surface area contributed by atoms with Crippen LogP contribution in [0.25, 0.3) is 0 Å². The van der Waals surface area contributed by atoms with Crippen molar-refractivity contribution in [1.82, 2.24) is 20.5 Å². The molecule has 1 saturated carbocycles. The summed E-state index contributed by atoms with van der Waals surface area (Å²) < 4.78 is 29.0. The molecule has 1 amide bonds. The lowest BCUT2D eigenvalue weighted by atomic mass is 10.0. The van der Waals surface area contributed by atoms with Crippen molar-refractivity contribution < 1.29 is 17.9 Å². The van der Waals surface area contributed by atoms with Gasteiger partial charge in [0.2, 0.25) is 0 Å². The van der Waals surface area contributed by atoms with E-state index >= 15 is 0 Å². The van der Waals surface area contributed by atoms with Crippen LogP contribution in [0.2, 0.25) is 0 Å². The van der Waals surface area contributed by atoms with Gasteiger partial charge in [0.1, 0.15) is 11.9 Å². The molecule has 0 spiro atoms. The average Bonchev–Trinajstić information content (AvgIpc) is 3.30. The number of rotatable bonds is 5. The van der Waals surface area contributed by atoms with Crippen LogP contribution < -0.4 is 10.6 Å². The number of hydrogen-bond acceptors (Lipinski definition) is 7. The normalized spacial score (nSPS) is 22.5. The molecule has 3 N–H and O–H groups in total. The highest BCUT2D eigenvalue weighted by Crippen LogP contribution is 2.36. The lowest BCUT2D eigenvalue weighted by Gasteiger charge is -2.16. The molecule has 2 aromatic heterocycles. The second kappa shape index (κ2) is 8.25. The Bertz CT molecular complexity index is 1030. The first-order valence-electron chi connectivity index (χ1n) is 10.2. The Morgan fingerprint density at radius 2 is 2.07 bits per heavy atom. The minimum atomic E-state index is -3.01. The van der Waals surface area contributed by atoms with E-state index < -0.39 is 9.84 Å². The summed E-state index contributed by atoms with van der Waals surface area (Å²) in [6.07, 6.45) is 4.19. The topological polar surface area (TPSA) is 126 Å². The number of nitrogens with one attached hydrogen (secondary N) is 3. The van der Waals surface area contributed by atoms with E-state index in [0.717, 1.165) is 36.1 Å². The van der Waals surface area contributed by atoms with Gasteiger partial charge in [-0.05, 0) is 56.7 Å². The van der Waals surface area contributed by atoms with Gasteiger partial charge in [0, 0.05) is 29.9 Å². The molecule has 30 heavy (non-hydrogen) atoms. The van der Waals surface area contributed by atoms with Gasteiger partial charge in [0.05, 0.1) is 11.5 Å². The fraction of sp³-hybridized carbons (Fsp3) is 0.550. The zero-order valence-electron chi connectivity index (χ0n) is 17.1. The Morgan fingerprint density at radius 1 is 1.23 bits per heavy atom. The summed E-state index contributed by atoms with van der Waals surface area (Å²) in [4.78, 5) is 16.1. The number of ether oxygens (including phenoxy) is 1. The molecule has 0 aromatic carbocycles. The fourth-order valence-electron chi connectivity index (χ4n) is 4.02. The molecule has 4 rings (SSSR count). The number of aromatic amines is 1. The molecule has 9 nitrogen and oxygen atoms in total. The molecule has 1 fully saturated rings. The van der Waals surface area contributed by atoms with Crippen LogP contribution in [-0.4, -0.2) is 47.6 Å². The molecule has 0 saturated heterocycles. The van der Waals surface area contributed by atoms with Crippen molar-refractivity contribution in [2.45, 2.75) is 63.3 Å². The SMILES string of the molecule is CC(C)NC(=O)O[C@@H]1CC[C@H](c2cc(Nc3cc4c(cn3)CS(=O)(=O)CC4)n[nH]2)C1. The summed E-state index contributed by atoms with van der Waals surface area (Å²) in [5, 5.41) is 13.3. The van der Waals surface area contributed by atoms with Gasteiger partial charge in [-0.15, -0.1) is 0 Å². The number of amides is 1. The Hall–Kier alpha value is -2.62. The quantitative estimate of drug-likeness (QED) is 0.662.